The molecule has 0 aliphatic carbocycles. The fourth-order valence-electron chi connectivity index (χ4n) is 1.50. The summed E-state index contributed by atoms with van der Waals surface area (Å²) in [7, 11) is 1.89. The molecule has 2 rings (SSSR count). The number of thiophene rings is 1. The molecule has 0 saturated heterocycles. The largest absolute Gasteiger partial charge is 0.327 e. The average molecular weight is 222 g/mol. The maximum absolute atomic E-state index is 6.05. The Morgan fingerprint density at radius 2 is 2.40 bits per heavy atom. The van der Waals surface area contributed by atoms with Crippen LogP contribution in [0.3, 0.4) is 0 Å². The summed E-state index contributed by atoms with van der Waals surface area (Å²) >= 11 is 1.75. The van der Waals surface area contributed by atoms with E-state index in [1.54, 1.807) is 22.3 Å². The third-order valence-corrected chi connectivity index (χ3v) is 3.19. The van der Waals surface area contributed by atoms with E-state index in [2.05, 4.69) is 27.6 Å². The first-order chi connectivity index (χ1) is 7.25. The van der Waals surface area contributed by atoms with E-state index < -0.39 is 0 Å². The van der Waals surface area contributed by atoms with Gasteiger partial charge in [0.15, 0.2) is 0 Å². The van der Waals surface area contributed by atoms with Crippen LogP contribution < -0.4 is 5.73 Å². The highest BCUT2D eigenvalue weighted by Gasteiger charge is 2.09. The van der Waals surface area contributed by atoms with E-state index in [1.807, 2.05) is 7.05 Å². The van der Waals surface area contributed by atoms with Crippen LogP contribution in [0, 0.1) is 0 Å². The Hall–Kier alpha value is -1.20. The first kappa shape index (κ1) is 10.3. The second kappa shape index (κ2) is 4.55. The second-order valence-corrected chi connectivity index (χ2v) is 4.58. The Morgan fingerprint density at radius 1 is 1.53 bits per heavy atom. The average Bonchev–Trinajstić information content (AvgIpc) is 2.79. The lowest BCUT2D eigenvalue weighted by molar-refractivity contribution is 0.606. The fourth-order valence-corrected chi connectivity index (χ4v) is 2.30. The fraction of sp³-hybridized carbons (Fsp3) is 0.400. The maximum Gasteiger partial charge on any atom is 0.138 e. The number of nitrogens with two attached hydrogens (primary N) is 1. The van der Waals surface area contributed by atoms with E-state index in [0.29, 0.717) is 0 Å². The molecule has 0 amide bonds. The number of hydrogen-bond acceptors (Lipinski definition) is 4. The van der Waals surface area contributed by atoms with Gasteiger partial charge in [0.2, 0.25) is 0 Å². The summed E-state index contributed by atoms with van der Waals surface area (Å²) in [5.74, 6) is 0.944. The zero-order valence-corrected chi connectivity index (χ0v) is 9.44. The van der Waals surface area contributed by atoms with E-state index in [0.717, 1.165) is 18.7 Å². The van der Waals surface area contributed by atoms with Crippen LogP contribution in [0.5, 0.6) is 0 Å². The Morgan fingerprint density at radius 3 is 3.00 bits per heavy atom. The molecule has 0 radical (unpaired) electrons. The van der Waals surface area contributed by atoms with Gasteiger partial charge in [-0.25, -0.2) is 4.98 Å². The molecular formula is C10H14N4S. The first-order valence-electron chi connectivity index (χ1n) is 4.86. The van der Waals surface area contributed by atoms with Crippen LogP contribution in [0.25, 0.3) is 0 Å². The lowest BCUT2D eigenvalue weighted by Crippen LogP contribution is -2.26. The number of nitrogens with zero attached hydrogens (tertiary/aromatic N) is 3. The molecule has 1 atom stereocenters. The molecule has 0 bridgehead atoms. The molecule has 2 aromatic rings. The van der Waals surface area contributed by atoms with Crippen LogP contribution in [0.2, 0.25) is 0 Å². The summed E-state index contributed by atoms with van der Waals surface area (Å²) in [5.41, 5.74) is 6.05. The minimum atomic E-state index is 0.117. The minimum absolute atomic E-state index is 0.117. The van der Waals surface area contributed by atoms with Gasteiger partial charge in [-0.3, -0.25) is 4.68 Å². The van der Waals surface area contributed by atoms with Crippen molar-refractivity contribution in [2.75, 3.05) is 0 Å². The van der Waals surface area contributed by atoms with Crippen molar-refractivity contribution in [3.63, 3.8) is 0 Å². The molecule has 4 nitrogen and oxygen atoms in total. The van der Waals surface area contributed by atoms with Gasteiger partial charge in [0.25, 0.3) is 0 Å². The highest BCUT2D eigenvalue weighted by atomic mass is 32.1. The molecule has 80 valence electrons. The Kier molecular flexibility index (Phi) is 3.13. The highest BCUT2D eigenvalue weighted by Crippen LogP contribution is 2.11. The number of rotatable bonds is 4. The van der Waals surface area contributed by atoms with Crippen molar-refractivity contribution in [1.29, 1.82) is 0 Å². The highest BCUT2D eigenvalue weighted by molar-refractivity contribution is 7.09. The summed E-state index contributed by atoms with van der Waals surface area (Å²) in [5, 5.41) is 6.09. The minimum Gasteiger partial charge on any atom is -0.327 e. The summed E-state index contributed by atoms with van der Waals surface area (Å²) in [4.78, 5) is 5.48. The molecule has 2 heterocycles. The van der Waals surface area contributed by atoms with Crippen molar-refractivity contribution < 1.29 is 0 Å². The normalized spacial score (nSPS) is 12.9. The van der Waals surface area contributed by atoms with Crippen LogP contribution in [-0.2, 0) is 19.9 Å². The predicted molar refractivity (Wildman–Crippen MR) is 60.7 cm³/mol. The maximum atomic E-state index is 6.05. The van der Waals surface area contributed by atoms with Crippen molar-refractivity contribution in [3.05, 3.63) is 34.5 Å². The van der Waals surface area contributed by atoms with E-state index in [1.165, 1.54) is 4.88 Å². The van der Waals surface area contributed by atoms with Crippen molar-refractivity contribution in [3.8, 4) is 0 Å². The standard InChI is InChI=1S/C10H14N4S/c1-14-10(12-7-13-14)6-8(11)5-9-3-2-4-15-9/h2-4,7-8H,5-6,11H2,1H3. The van der Waals surface area contributed by atoms with E-state index in [-0.39, 0.29) is 6.04 Å². The van der Waals surface area contributed by atoms with Gasteiger partial charge < -0.3 is 5.73 Å². The topological polar surface area (TPSA) is 56.7 Å². The lowest BCUT2D eigenvalue weighted by Gasteiger charge is -2.09. The molecule has 0 aliphatic rings. The van der Waals surface area contributed by atoms with Crippen molar-refractivity contribution >= 4 is 11.3 Å². The van der Waals surface area contributed by atoms with Gasteiger partial charge in [-0.15, -0.1) is 11.3 Å². The quantitative estimate of drug-likeness (QED) is 0.839. The van der Waals surface area contributed by atoms with Crippen molar-refractivity contribution in [1.82, 2.24) is 14.8 Å². The SMILES string of the molecule is Cn1ncnc1CC(N)Cc1cccs1. The molecule has 2 N–H and O–H groups in total. The van der Waals surface area contributed by atoms with Gasteiger partial charge in [-0.1, -0.05) is 6.07 Å². The monoisotopic (exact) mass is 222 g/mol. The molecule has 2 aromatic heterocycles. The first-order valence-corrected chi connectivity index (χ1v) is 5.74. The molecule has 0 aliphatic heterocycles. The molecular weight excluding hydrogens is 208 g/mol. The molecule has 0 saturated carbocycles. The van der Waals surface area contributed by atoms with Crippen LogP contribution >= 0.6 is 11.3 Å². The van der Waals surface area contributed by atoms with Gasteiger partial charge >= 0.3 is 0 Å². The number of aryl methyl sites for hydroxylation is 1. The van der Waals surface area contributed by atoms with E-state index in [9.17, 15) is 0 Å². The summed E-state index contributed by atoms with van der Waals surface area (Å²) in [6, 6.07) is 4.28. The molecule has 0 aromatic carbocycles. The van der Waals surface area contributed by atoms with E-state index >= 15 is 0 Å². The van der Waals surface area contributed by atoms with Gasteiger partial charge in [0.05, 0.1) is 0 Å². The lowest BCUT2D eigenvalue weighted by atomic mass is 10.1. The van der Waals surface area contributed by atoms with Gasteiger partial charge in [-0.2, -0.15) is 5.10 Å². The third-order valence-electron chi connectivity index (χ3n) is 2.29. The smallest absolute Gasteiger partial charge is 0.138 e. The number of hydrogen-bond donors (Lipinski definition) is 1. The summed E-state index contributed by atoms with van der Waals surface area (Å²) in [6.07, 6.45) is 3.24. The Labute approximate surface area is 92.8 Å². The van der Waals surface area contributed by atoms with Crippen LogP contribution in [0.1, 0.15) is 10.7 Å². The molecule has 0 spiro atoms. The van der Waals surface area contributed by atoms with E-state index in [4.69, 9.17) is 5.73 Å². The van der Waals surface area contributed by atoms with Crippen LogP contribution in [-0.4, -0.2) is 20.8 Å². The molecule has 1 unspecified atom stereocenters. The number of aromatic nitrogens is 3. The Bertz CT molecular complexity index is 407. The van der Waals surface area contributed by atoms with Gasteiger partial charge in [0, 0.05) is 24.4 Å². The second-order valence-electron chi connectivity index (χ2n) is 3.55. The zero-order chi connectivity index (χ0) is 10.7. The third kappa shape index (κ3) is 2.64. The Balaban J connectivity index is 1.93. The zero-order valence-electron chi connectivity index (χ0n) is 8.63. The van der Waals surface area contributed by atoms with Gasteiger partial charge in [0.1, 0.15) is 12.2 Å². The van der Waals surface area contributed by atoms with Crippen LogP contribution in [0.4, 0.5) is 0 Å². The van der Waals surface area contributed by atoms with Crippen LogP contribution in [0.15, 0.2) is 23.8 Å². The molecule has 15 heavy (non-hydrogen) atoms. The van der Waals surface area contributed by atoms with Gasteiger partial charge in [-0.05, 0) is 17.9 Å². The molecule has 0 fully saturated rings. The summed E-state index contributed by atoms with van der Waals surface area (Å²) < 4.78 is 1.77. The predicted octanol–water partition coefficient (Wildman–Crippen LogP) is 0.989. The van der Waals surface area contributed by atoms with Crippen molar-refractivity contribution in [2.45, 2.75) is 18.9 Å². The van der Waals surface area contributed by atoms with Crippen molar-refractivity contribution in [2.24, 2.45) is 12.8 Å². The molecule has 5 heteroatoms. The summed E-state index contributed by atoms with van der Waals surface area (Å²) in [6.45, 7) is 0.